The number of nitriles is 1. The lowest BCUT2D eigenvalue weighted by Gasteiger charge is -2.05. The molecule has 0 amide bonds. The standard InChI is InChI=1S/C13H9F2N3S/c1-7-3-8(2)18-13(17-7)19-12-10(14)4-9(6-16)5-11(12)15/h3-5H,1-2H3. The molecule has 0 bridgehead atoms. The molecule has 0 aliphatic heterocycles. The fourth-order valence-electron chi connectivity index (χ4n) is 1.55. The van der Waals surface area contributed by atoms with Crippen molar-refractivity contribution in [1.82, 2.24) is 9.97 Å². The Hall–Kier alpha value is -2.00. The highest BCUT2D eigenvalue weighted by Crippen LogP contribution is 2.30. The molecular weight excluding hydrogens is 268 g/mol. The fraction of sp³-hybridized carbons (Fsp3) is 0.154. The van der Waals surface area contributed by atoms with E-state index in [1.54, 1.807) is 26.0 Å². The monoisotopic (exact) mass is 277 g/mol. The second-order valence-electron chi connectivity index (χ2n) is 3.92. The van der Waals surface area contributed by atoms with E-state index in [0.717, 1.165) is 35.3 Å². The topological polar surface area (TPSA) is 49.6 Å². The number of hydrogen-bond donors (Lipinski definition) is 0. The van der Waals surface area contributed by atoms with Crippen molar-refractivity contribution < 1.29 is 8.78 Å². The minimum absolute atomic E-state index is 0.0549. The number of aromatic nitrogens is 2. The number of nitrogens with zero attached hydrogens (tertiary/aromatic N) is 3. The number of aryl methyl sites for hydroxylation is 2. The van der Waals surface area contributed by atoms with Crippen molar-refractivity contribution >= 4 is 11.8 Å². The van der Waals surface area contributed by atoms with Crippen molar-refractivity contribution in [3.8, 4) is 6.07 Å². The summed E-state index contributed by atoms with van der Waals surface area (Å²) in [6.45, 7) is 3.56. The first kappa shape index (κ1) is 13.4. The third-order valence-electron chi connectivity index (χ3n) is 2.28. The Morgan fingerprint density at radius 3 is 2.05 bits per heavy atom. The summed E-state index contributed by atoms with van der Waals surface area (Å²) >= 11 is 0.807. The molecule has 6 heteroatoms. The zero-order valence-electron chi connectivity index (χ0n) is 10.2. The van der Waals surface area contributed by atoms with Gasteiger partial charge in [-0.2, -0.15) is 5.26 Å². The minimum Gasteiger partial charge on any atom is -0.228 e. The summed E-state index contributed by atoms with van der Waals surface area (Å²) in [5.74, 6) is -1.58. The Balaban J connectivity index is 2.41. The van der Waals surface area contributed by atoms with Crippen LogP contribution in [-0.4, -0.2) is 9.97 Å². The maximum atomic E-state index is 13.7. The van der Waals surface area contributed by atoms with Gasteiger partial charge in [0.2, 0.25) is 0 Å². The third kappa shape index (κ3) is 3.06. The van der Waals surface area contributed by atoms with Gasteiger partial charge in [-0.3, -0.25) is 0 Å². The Labute approximate surface area is 113 Å². The smallest absolute Gasteiger partial charge is 0.193 e. The lowest BCUT2D eigenvalue weighted by atomic mass is 10.2. The van der Waals surface area contributed by atoms with Crippen molar-refractivity contribution in [3.05, 3.63) is 46.8 Å². The van der Waals surface area contributed by atoms with Gasteiger partial charge in [0.25, 0.3) is 0 Å². The first-order valence-electron chi connectivity index (χ1n) is 5.39. The second-order valence-corrected chi connectivity index (χ2v) is 4.89. The van der Waals surface area contributed by atoms with Gasteiger partial charge in [0, 0.05) is 11.4 Å². The molecule has 2 rings (SSSR count). The van der Waals surface area contributed by atoms with E-state index in [4.69, 9.17) is 5.26 Å². The molecule has 0 N–H and O–H groups in total. The van der Waals surface area contributed by atoms with Crippen LogP contribution in [0.15, 0.2) is 28.3 Å². The Bertz CT molecular complexity index is 637. The van der Waals surface area contributed by atoms with Crippen molar-refractivity contribution in [1.29, 1.82) is 5.26 Å². The number of rotatable bonds is 2. The zero-order chi connectivity index (χ0) is 14.0. The average Bonchev–Trinajstić information content (AvgIpc) is 2.32. The number of halogens is 2. The van der Waals surface area contributed by atoms with Crippen molar-refractivity contribution in [2.45, 2.75) is 23.9 Å². The zero-order valence-corrected chi connectivity index (χ0v) is 11.1. The summed E-state index contributed by atoms with van der Waals surface area (Å²) < 4.78 is 27.4. The molecule has 0 saturated carbocycles. The second kappa shape index (κ2) is 5.33. The van der Waals surface area contributed by atoms with Crippen LogP contribution in [0.2, 0.25) is 0 Å². The fourth-order valence-corrected chi connectivity index (χ4v) is 2.43. The predicted octanol–water partition coefficient (Wildman–Crippen LogP) is 3.39. The van der Waals surface area contributed by atoms with E-state index in [0.29, 0.717) is 0 Å². The highest BCUT2D eigenvalue weighted by Gasteiger charge is 2.14. The van der Waals surface area contributed by atoms with E-state index in [1.807, 2.05) is 0 Å². The van der Waals surface area contributed by atoms with Gasteiger partial charge in [-0.25, -0.2) is 18.7 Å². The average molecular weight is 277 g/mol. The van der Waals surface area contributed by atoms with Crippen LogP contribution in [0.25, 0.3) is 0 Å². The summed E-state index contributed by atoms with van der Waals surface area (Å²) in [4.78, 5) is 8.01. The number of hydrogen-bond acceptors (Lipinski definition) is 4. The summed E-state index contributed by atoms with van der Waals surface area (Å²) in [6.07, 6.45) is 0. The summed E-state index contributed by atoms with van der Waals surface area (Å²) in [5.41, 5.74) is 1.40. The number of benzene rings is 1. The predicted molar refractivity (Wildman–Crippen MR) is 66.7 cm³/mol. The highest BCUT2D eigenvalue weighted by molar-refractivity contribution is 7.99. The van der Waals surface area contributed by atoms with Crippen LogP contribution in [-0.2, 0) is 0 Å². The van der Waals surface area contributed by atoms with E-state index in [-0.39, 0.29) is 15.6 Å². The van der Waals surface area contributed by atoms with Crippen LogP contribution in [0.3, 0.4) is 0 Å². The van der Waals surface area contributed by atoms with E-state index in [1.165, 1.54) is 0 Å². The molecule has 0 atom stereocenters. The lowest BCUT2D eigenvalue weighted by Crippen LogP contribution is -1.95. The van der Waals surface area contributed by atoms with Crippen LogP contribution in [0.4, 0.5) is 8.78 Å². The molecule has 0 radical (unpaired) electrons. The molecule has 1 heterocycles. The normalized spacial score (nSPS) is 10.3. The van der Waals surface area contributed by atoms with Crippen molar-refractivity contribution in [2.75, 3.05) is 0 Å². The Morgan fingerprint density at radius 2 is 1.58 bits per heavy atom. The molecule has 1 aromatic heterocycles. The summed E-state index contributed by atoms with van der Waals surface area (Å²) in [7, 11) is 0. The molecule has 1 aromatic carbocycles. The lowest BCUT2D eigenvalue weighted by molar-refractivity contribution is 0.539. The molecule has 0 aliphatic rings. The molecule has 0 saturated heterocycles. The van der Waals surface area contributed by atoms with E-state index in [9.17, 15) is 8.78 Å². The van der Waals surface area contributed by atoms with E-state index in [2.05, 4.69) is 9.97 Å². The molecular formula is C13H9F2N3S. The minimum atomic E-state index is -0.788. The first-order valence-corrected chi connectivity index (χ1v) is 6.20. The quantitative estimate of drug-likeness (QED) is 0.789. The highest BCUT2D eigenvalue weighted by atomic mass is 32.2. The first-order chi connectivity index (χ1) is 8.99. The largest absolute Gasteiger partial charge is 0.228 e. The van der Waals surface area contributed by atoms with Crippen LogP contribution >= 0.6 is 11.8 Å². The van der Waals surface area contributed by atoms with Crippen LogP contribution < -0.4 is 0 Å². The maximum Gasteiger partial charge on any atom is 0.193 e. The molecule has 3 nitrogen and oxygen atoms in total. The van der Waals surface area contributed by atoms with Crippen molar-refractivity contribution in [3.63, 3.8) is 0 Å². The van der Waals surface area contributed by atoms with Gasteiger partial charge in [0.1, 0.15) is 11.6 Å². The van der Waals surface area contributed by atoms with Gasteiger partial charge in [0.05, 0.1) is 16.5 Å². The molecule has 19 heavy (non-hydrogen) atoms. The van der Waals surface area contributed by atoms with E-state index < -0.39 is 11.6 Å². The van der Waals surface area contributed by atoms with Gasteiger partial charge in [-0.1, -0.05) is 0 Å². The molecule has 0 fully saturated rings. The van der Waals surface area contributed by atoms with Crippen LogP contribution in [0, 0.1) is 36.8 Å². The molecule has 96 valence electrons. The molecule has 2 aromatic rings. The van der Waals surface area contributed by atoms with E-state index >= 15 is 0 Å². The van der Waals surface area contributed by atoms with Crippen molar-refractivity contribution in [2.24, 2.45) is 0 Å². The maximum absolute atomic E-state index is 13.7. The summed E-state index contributed by atoms with van der Waals surface area (Å²) in [5, 5.41) is 8.90. The van der Waals surface area contributed by atoms with Gasteiger partial charge >= 0.3 is 0 Å². The Kier molecular flexibility index (Phi) is 3.76. The van der Waals surface area contributed by atoms with Gasteiger partial charge in [-0.15, -0.1) is 0 Å². The van der Waals surface area contributed by atoms with Gasteiger partial charge < -0.3 is 0 Å². The third-order valence-corrected chi connectivity index (χ3v) is 3.24. The SMILES string of the molecule is Cc1cc(C)nc(Sc2c(F)cc(C#N)cc2F)n1. The van der Waals surface area contributed by atoms with Gasteiger partial charge in [0.15, 0.2) is 5.16 Å². The Morgan fingerprint density at radius 1 is 1.05 bits per heavy atom. The molecule has 0 spiro atoms. The van der Waals surface area contributed by atoms with Gasteiger partial charge in [-0.05, 0) is 43.8 Å². The molecule has 0 unspecified atom stereocenters. The summed E-state index contributed by atoms with van der Waals surface area (Å²) in [6, 6.07) is 5.46. The van der Waals surface area contributed by atoms with Crippen LogP contribution in [0.5, 0.6) is 0 Å². The molecule has 0 aliphatic carbocycles. The van der Waals surface area contributed by atoms with Crippen LogP contribution in [0.1, 0.15) is 17.0 Å².